The summed E-state index contributed by atoms with van der Waals surface area (Å²) in [6, 6.07) is 1.54. The van der Waals surface area contributed by atoms with Gasteiger partial charge >= 0.3 is 5.00 Å². The van der Waals surface area contributed by atoms with Gasteiger partial charge < -0.3 is 4.74 Å². The maximum Gasteiger partial charge on any atom is 0.324 e. The molecule has 0 bridgehead atoms. The summed E-state index contributed by atoms with van der Waals surface area (Å²) >= 11 is 1.12. The van der Waals surface area contributed by atoms with Crippen LogP contribution < -0.4 is 0 Å². The summed E-state index contributed by atoms with van der Waals surface area (Å²) in [6.07, 6.45) is -0.0741. The summed E-state index contributed by atoms with van der Waals surface area (Å²) in [6.45, 7) is 1.85. The summed E-state index contributed by atoms with van der Waals surface area (Å²) in [7, 11) is 1.58. The second-order valence-electron chi connectivity index (χ2n) is 2.35. The average molecular weight is 187 g/mol. The van der Waals surface area contributed by atoms with Gasteiger partial charge in [-0.2, -0.15) is 0 Å². The SMILES string of the molecule is COC(C)c1csc([N+](=O)[O-])c1. The Bertz CT molecular complexity index is 284. The summed E-state index contributed by atoms with van der Waals surface area (Å²) in [5, 5.41) is 12.2. The van der Waals surface area contributed by atoms with Crippen LogP contribution >= 0.6 is 11.3 Å². The van der Waals surface area contributed by atoms with E-state index in [1.807, 2.05) is 6.92 Å². The van der Waals surface area contributed by atoms with Gasteiger partial charge in [-0.15, -0.1) is 0 Å². The minimum atomic E-state index is -0.392. The highest BCUT2D eigenvalue weighted by atomic mass is 32.1. The third-order valence-corrected chi connectivity index (χ3v) is 2.51. The predicted molar refractivity (Wildman–Crippen MR) is 46.4 cm³/mol. The van der Waals surface area contributed by atoms with E-state index in [-0.39, 0.29) is 11.1 Å². The molecule has 0 aliphatic heterocycles. The molecular weight excluding hydrogens is 178 g/mol. The van der Waals surface area contributed by atoms with E-state index < -0.39 is 4.92 Å². The first-order valence-corrected chi connectivity index (χ1v) is 4.28. The van der Waals surface area contributed by atoms with E-state index in [1.165, 1.54) is 0 Å². The highest BCUT2D eigenvalue weighted by Crippen LogP contribution is 2.27. The largest absolute Gasteiger partial charge is 0.377 e. The van der Waals surface area contributed by atoms with E-state index in [2.05, 4.69) is 0 Å². The Morgan fingerprint density at radius 2 is 2.42 bits per heavy atom. The maximum absolute atomic E-state index is 10.3. The Kier molecular flexibility index (Phi) is 2.78. The van der Waals surface area contributed by atoms with E-state index in [9.17, 15) is 10.1 Å². The van der Waals surface area contributed by atoms with Crippen molar-refractivity contribution in [2.75, 3.05) is 7.11 Å². The summed E-state index contributed by atoms with van der Waals surface area (Å²) in [4.78, 5) is 9.91. The van der Waals surface area contributed by atoms with E-state index >= 15 is 0 Å². The van der Waals surface area contributed by atoms with Crippen molar-refractivity contribution in [2.45, 2.75) is 13.0 Å². The van der Waals surface area contributed by atoms with Gasteiger partial charge in [-0.05, 0) is 12.5 Å². The molecule has 1 unspecified atom stereocenters. The van der Waals surface area contributed by atoms with Crippen LogP contribution in [0.4, 0.5) is 5.00 Å². The number of hydrogen-bond acceptors (Lipinski definition) is 4. The molecule has 0 fully saturated rings. The van der Waals surface area contributed by atoms with Crippen LogP contribution in [0.15, 0.2) is 11.4 Å². The van der Waals surface area contributed by atoms with E-state index in [0.717, 1.165) is 16.9 Å². The number of nitrogens with zero attached hydrogens (tertiary/aromatic N) is 1. The molecule has 0 spiro atoms. The predicted octanol–water partition coefficient (Wildman–Crippen LogP) is 2.36. The third-order valence-electron chi connectivity index (χ3n) is 1.61. The number of nitro groups is 1. The smallest absolute Gasteiger partial charge is 0.324 e. The molecule has 0 saturated carbocycles. The molecule has 1 atom stereocenters. The molecule has 0 aliphatic rings. The van der Waals surface area contributed by atoms with Gasteiger partial charge in [0.1, 0.15) is 0 Å². The molecular formula is C7H9NO3S. The van der Waals surface area contributed by atoms with Crippen LogP contribution in [0.3, 0.4) is 0 Å². The van der Waals surface area contributed by atoms with Crippen molar-refractivity contribution in [1.29, 1.82) is 0 Å². The first-order chi connectivity index (χ1) is 5.65. The van der Waals surface area contributed by atoms with Crippen molar-refractivity contribution in [1.82, 2.24) is 0 Å². The Morgan fingerprint density at radius 3 is 2.83 bits per heavy atom. The van der Waals surface area contributed by atoms with Crippen LogP contribution in [-0.4, -0.2) is 12.0 Å². The van der Waals surface area contributed by atoms with Crippen molar-refractivity contribution < 1.29 is 9.66 Å². The molecule has 1 aromatic rings. The molecule has 1 heterocycles. The molecule has 0 amide bonds. The van der Waals surface area contributed by atoms with Crippen LogP contribution in [0, 0.1) is 10.1 Å². The normalized spacial score (nSPS) is 12.8. The van der Waals surface area contributed by atoms with Gasteiger partial charge in [-0.25, -0.2) is 0 Å². The van der Waals surface area contributed by atoms with Gasteiger partial charge in [-0.3, -0.25) is 10.1 Å². The lowest BCUT2D eigenvalue weighted by Crippen LogP contribution is -1.92. The summed E-state index contributed by atoms with van der Waals surface area (Å²) < 4.78 is 5.01. The number of thiophene rings is 1. The van der Waals surface area contributed by atoms with Crippen molar-refractivity contribution in [3.63, 3.8) is 0 Å². The average Bonchev–Trinajstić information content (AvgIpc) is 2.51. The van der Waals surface area contributed by atoms with Crippen LogP contribution in [0.2, 0.25) is 0 Å². The molecule has 66 valence electrons. The lowest BCUT2D eigenvalue weighted by atomic mass is 10.2. The molecule has 4 nitrogen and oxygen atoms in total. The summed E-state index contributed by atoms with van der Waals surface area (Å²) in [5.41, 5.74) is 0.856. The number of methoxy groups -OCH3 is 1. The minimum Gasteiger partial charge on any atom is -0.377 e. The Balaban J connectivity index is 2.84. The number of ether oxygens (including phenoxy) is 1. The van der Waals surface area contributed by atoms with Gasteiger partial charge in [0.15, 0.2) is 0 Å². The third kappa shape index (κ3) is 1.80. The van der Waals surface area contributed by atoms with Crippen LogP contribution in [0.25, 0.3) is 0 Å². The van der Waals surface area contributed by atoms with Crippen molar-refractivity contribution >= 4 is 16.3 Å². The quantitative estimate of drug-likeness (QED) is 0.539. The second-order valence-corrected chi connectivity index (χ2v) is 3.24. The van der Waals surface area contributed by atoms with Crippen molar-refractivity contribution in [2.24, 2.45) is 0 Å². The molecule has 0 aromatic carbocycles. The van der Waals surface area contributed by atoms with Gasteiger partial charge in [0, 0.05) is 18.6 Å². The van der Waals surface area contributed by atoms with Gasteiger partial charge in [0.05, 0.1) is 11.0 Å². The Hall–Kier alpha value is -0.940. The van der Waals surface area contributed by atoms with E-state index in [0.29, 0.717) is 0 Å². The fraction of sp³-hybridized carbons (Fsp3) is 0.429. The lowest BCUT2D eigenvalue weighted by molar-refractivity contribution is -0.380. The zero-order chi connectivity index (χ0) is 9.14. The zero-order valence-electron chi connectivity index (χ0n) is 6.81. The lowest BCUT2D eigenvalue weighted by Gasteiger charge is -2.04. The maximum atomic E-state index is 10.3. The Labute approximate surface area is 73.9 Å². The standard InChI is InChI=1S/C7H9NO3S/c1-5(11-2)6-3-7(8(9)10)12-4-6/h3-5H,1-2H3. The molecule has 0 radical (unpaired) electrons. The van der Waals surface area contributed by atoms with Gasteiger partial charge in [0.2, 0.25) is 0 Å². The van der Waals surface area contributed by atoms with Gasteiger partial charge in [-0.1, -0.05) is 11.3 Å². The monoisotopic (exact) mass is 187 g/mol. The van der Waals surface area contributed by atoms with E-state index in [1.54, 1.807) is 18.6 Å². The molecule has 1 rings (SSSR count). The number of hydrogen-bond donors (Lipinski definition) is 0. The van der Waals surface area contributed by atoms with Crippen LogP contribution in [0.5, 0.6) is 0 Å². The summed E-state index contributed by atoms with van der Waals surface area (Å²) in [5.74, 6) is 0. The zero-order valence-corrected chi connectivity index (χ0v) is 7.63. The fourth-order valence-electron chi connectivity index (χ4n) is 0.784. The molecule has 1 aromatic heterocycles. The fourth-order valence-corrected chi connectivity index (χ4v) is 1.59. The first kappa shape index (κ1) is 9.15. The highest BCUT2D eigenvalue weighted by Gasteiger charge is 2.13. The number of rotatable bonds is 3. The van der Waals surface area contributed by atoms with Crippen molar-refractivity contribution in [3.8, 4) is 0 Å². The molecule has 12 heavy (non-hydrogen) atoms. The van der Waals surface area contributed by atoms with Crippen LogP contribution in [-0.2, 0) is 4.74 Å². The highest BCUT2D eigenvalue weighted by molar-refractivity contribution is 7.13. The van der Waals surface area contributed by atoms with Crippen LogP contribution in [0.1, 0.15) is 18.6 Å². The first-order valence-electron chi connectivity index (χ1n) is 3.40. The molecule has 0 N–H and O–H groups in total. The van der Waals surface area contributed by atoms with Crippen molar-refractivity contribution in [3.05, 3.63) is 27.1 Å². The molecule has 0 aliphatic carbocycles. The minimum absolute atomic E-state index is 0.0741. The van der Waals surface area contributed by atoms with Gasteiger partial charge in [0.25, 0.3) is 0 Å². The molecule has 0 saturated heterocycles. The molecule has 5 heteroatoms. The Morgan fingerprint density at radius 1 is 1.75 bits per heavy atom. The van der Waals surface area contributed by atoms with E-state index in [4.69, 9.17) is 4.74 Å². The second kappa shape index (κ2) is 3.64. The topological polar surface area (TPSA) is 52.4 Å².